The Morgan fingerprint density at radius 2 is 1.62 bits per heavy atom. The van der Waals surface area contributed by atoms with E-state index < -0.39 is 10.0 Å². The Morgan fingerprint density at radius 1 is 0.917 bits per heavy atom. The molecule has 0 unspecified atom stereocenters. The molecular weight excluding hydrogens is 322 g/mol. The van der Waals surface area contributed by atoms with Crippen molar-refractivity contribution in [3.63, 3.8) is 0 Å². The molecule has 5 heteroatoms. The molecule has 0 aliphatic heterocycles. The largest absolute Gasteiger partial charge is 0.496 e. The van der Waals surface area contributed by atoms with E-state index in [-0.39, 0.29) is 4.90 Å². The maximum atomic E-state index is 12.5. The molecule has 124 valence electrons. The minimum atomic E-state index is -3.53. The molecular formula is C19H19NO3S. The van der Waals surface area contributed by atoms with Gasteiger partial charge in [-0.3, -0.25) is 0 Å². The van der Waals surface area contributed by atoms with E-state index in [1.165, 1.54) is 0 Å². The normalized spacial score (nSPS) is 11.5. The second kappa shape index (κ2) is 7.03. The first kappa shape index (κ1) is 16.5. The highest BCUT2D eigenvalue weighted by atomic mass is 32.2. The second-order valence-corrected chi connectivity index (χ2v) is 7.24. The fraction of sp³-hybridized carbons (Fsp3) is 0.158. The molecule has 3 aromatic carbocycles. The van der Waals surface area contributed by atoms with Gasteiger partial charge in [0.05, 0.1) is 12.0 Å². The quantitative estimate of drug-likeness (QED) is 0.748. The first-order valence-electron chi connectivity index (χ1n) is 7.70. The summed E-state index contributed by atoms with van der Waals surface area (Å²) in [5.41, 5.74) is 0.973. The van der Waals surface area contributed by atoms with E-state index in [0.717, 1.165) is 22.1 Å². The summed E-state index contributed by atoms with van der Waals surface area (Å²) in [6.45, 7) is 0.315. The number of rotatable bonds is 6. The van der Waals surface area contributed by atoms with Gasteiger partial charge < -0.3 is 4.74 Å². The van der Waals surface area contributed by atoms with Crippen molar-refractivity contribution in [2.24, 2.45) is 0 Å². The number of ether oxygens (including phenoxy) is 1. The average Bonchev–Trinajstić information content (AvgIpc) is 2.61. The summed E-state index contributed by atoms with van der Waals surface area (Å²) < 4.78 is 32.9. The average molecular weight is 341 g/mol. The van der Waals surface area contributed by atoms with Crippen LogP contribution in [0.5, 0.6) is 5.75 Å². The number of nitrogens with one attached hydrogen (secondary N) is 1. The minimum absolute atomic E-state index is 0.279. The number of sulfonamides is 1. The maximum absolute atomic E-state index is 12.5. The fourth-order valence-corrected chi connectivity index (χ4v) is 3.71. The highest BCUT2D eigenvalue weighted by Gasteiger charge is 2.14. The molecule has 0 spiro atoms. The molecule has 3 rings (SSSR count). The zero-order valence-electron chi connectivity index (χ0n) is 13.4. The van der Waals surface area contributed by atoms with Crippen molar-refractivity contribution in [2.45, 2.75) is 11.3 Å². The van der Waals surface area contributed by atoms with Crippen molar-refractivity contribution in [2.75, 3.05) is 13.7 Å². The van der Waals surface area contributed by atoms with Gasteiger partial charge in [0.25, 0.3) is 0 Å². The Hall–Kier alpha value is -2.37. The summed E-state index contributed by atoms with van der Waals surface area (Å²) in [4.78, 5) is 0.279. The van der Waals surface area contributed by atoms with Crippen molar-refractivity contribution in [3.8, 4) is 5.75 Å². The van der Waals surface area contributed by atoms with Gasteiger partial charge in [0.15, 0.2) is 0 Å². The molecule has 0 saturated carbocycles. The van der Waals surface area contributed by atoms with Crippen molar-refractivity contribution < 1.29 is 13.2 Å². The lowest BCUT2D eigenvalue weighted by Crippen LogP contribution is -2.26. The number of para-hydroxylation sites is 1. The van der Waals surface area contributed by atoms with Crippen LogP contribution in [-0.4, -0.2) is 22.1 Å². The van der Waals surface area contributed by atoms with Gasteiger partial charge in [0, 0.05) is 6.54 Å². The third-order valence-corrected chi connectivity index (χ3v) is 5.37. The summed E-state index contributed by atoms with van der Waals surface area (Å²) in [6, 6.07) is 20.5. The van der Waals surface area contributed by atoms with Crippen LogP contribution >= 0.6 is 0 Å². The van der Waals surface area contributed by atoms with Gasteiger partial charge in [-0.25, -0.2) is 13.1 Å². The van der Waals surface area contributed by atoms with Crippen LogP contribution in [0.1, 0.15) is 5.56 Å². The minimum Gasteiger partial charge on any atom is -0.496 e. The third kappa shape index (κ3) is 3.58. The number of benzene rings is 3. The molecule has 3 aromatic rings. The SMILES string of the molecule is COc1ccccc1CCNS(=O)(=O)c1ccc2ccccc2c1. The third-order valence-electron chi connectivity index (χ3n) is 3.91. The van der Waals surface area contributed by atoms with E-state index in [0.29, 0.717) is 13.0 Å². The monoisotopic (exact) mass is 341 g/mol. The number of fused-ring (bicyclic) bond motifs is 1. The predicted molar refractivity (Wildman–Crippen MR) is 95.8 cm³/mol. The van der Waals surface area contributed by atoms with Crippen LogP contribution in [0.15, 0.2) is 71.6 Å². The van der Waals surface area contributed by atoms with Crippen LogP contribution in [0.4, 0.5) is 0 Å². The predicted octanol–water partition coefficient (Wildman–Crippen LogP) is 3.37. The molecule has 0 amide bonds. The van der Waals surface area contributed by atoms with Gasteiger partial charge in [0.2, 0.25) is 10.0 Å². The zero-order valence-corrected chi connectivity index (χ0v) is 14.2. The lowest BCUT2D eigenvalue weighted by Gasteiger charge is -2.10. The Labute approximate surface area is 142 Å². The molecule has 0 aliphatic rings. The van der Waals surface area contributed by atoms with E-state index >= 15 is 0 Å². The van der Waals surface area contributed by atoms with E-state index in [4.69, 9.17) is 4.74 Å². The summed E-state index contributed by atoms with van der Waals surface area (Å²) in [7, 11) is -1.92. The highest BCUT2D eigenvalue weighted by Crippen LogP contribution is 2.20. The van der Waals surface area contributed by atoms with Gasteiger partial charge in [-0.15, -0.1) is 0 Å². The standard InChI is InChI=1S/C19H19NO3S/c1-23-19-9-5-4-7-16(19)12-13-20-24(21,22)18-11-10-15-6-2-3-8-17(15)14-18/h2-11,14,20H,12-13H2,1H3. The Kier molecular flexibility index (Phi) is 4.83. The lowest BCUT2D eigenvalue weighted by molar-refractivity contribution is 0.409. The van der Waals surface area contributed by atoms with Gasteiger partial charge in [-0.05, 0) is 41.0 Å². The number of hydrogen-bond acceptors (Lipinski definition) is 3. The van der Waals surface area contributed by atoms with Crippen LogP contribution in [0.25, 0.3) is 10.8 Å². The van der Waals surface area contributed by atoms with Crippen molar-refractivity contribution in [1.82, 2.24) is 4.72 Å². The molecule has 1 N–H and O–H groups in total. The molecule has 0 bridgehead atoms. The topological polar surface area (TPSA) is 55.4 Å². The molecule has 0 fully saturated rings. The first-order chi connectivity index (χ1) is 11.6. The van der Waals surface area contributed by atoms with Crippen LogP contribution in [0.2, 0.25) is 0 Å². The highest BCUT2D eigenvalue weighted by molar-refractivity contribution is 7.89. The molecule has 0 aliphatic carbocycles. The van der Waals surface area contributed by atoms with Crippen LogP contribution < -0.4 is 9.46 Å². The lowest BCUT2D eigenvalue weighted by atomic mass is 10.1. The van der Waals surface area contributed by atoms with E-state index in [1.54, 1.807) is 19.2 Å². The van der Waals surface area contributed by atoms with E-state index in [2.05, 4.69) is 4.72 Å². The zero-order chi connectivity index (χ0) is 17.0. The smallest absolute Gasteiger partial charge is 0.240 e. The van der Waals surface area contributed by atoms with Crippen LogP contribution in [0, 0.1) is 0 Å². The van der Waals surface area contributed by atoms with E-state index in [1.807, 2.05) is 54.6 Å². The molecule has 0 saturated heterocycles. The summed E-state index contributed by atoms with van der Waals surface area (Å²) in [6.07, 6.45) is 0.566. The molecule has 24 heavy (non-hydrogen) atoms. The molecule has 0 heterocycles. The Balaban J connectivity index is 1.73. The van der Waals surface area contributed by atoms with Gasteiger partial charge in [0.1, 0.15) is 5.75 Å². The van der Waals surface area contributed by atoms with Gasteiger partial charge >= 0.3 is 0 Å². The van der Waals surface area contributed by atoms with Crippen molar-refractivity contribution in [3.05, 3.63) is 72.3 Å². The molecule has 0 radical (unpaired) electrons. The summed E-state index contributed by atoms with van der Waals surface area (Å²) in [5.74, 6) is 0.766. The summed E-state index contributed by atoms with van der Waals surface area (Å²) in [5, 5.41) is 1.93. The van der Waals surface area contributed by atoms with Crippen molar-refractivity contribution in [1.29, 1.82) is 0 Å². The number of hydrogen-bond donors (Lipinski definition) is 1. The maximum Gasteiger partial charge on any atom is 0.240 e. The van der Waals surface area contributed by atoms with E-state index in [9.17, 15) is 8.42 Å². The van der Waals surface area contributed by atoms with Gasteiger partial charge in [-0.2, -0.15) is 0 Å². The molecule has 0 atom stereocenters. The summed E-state index contributed by atoms with van der Waals surface area (Å²) >= 11 is 0. The van der Waals surface area contributed by atoms with Gasteiger partial charge in [-0.1, -0.05) is 48.5 Å². The first-order valence-corrected chi connectivity index (χ1v) is 9.19. The Bertz CT molecular complexity index is 951. The molecule has 0 aromatic heterocycles. The van der Waals surface area contributed by atoms with Crippen molar-refractivity contribution >= 4 is 20.8 Å². The van der Waals surface area contributed by atoms with Crippen LogP contribution in [0.3, 0.4) is 0 Å². The molecule has 4 nitrogen and oxygen atoms in total. The Morgan fingerprint density at radius 3 is 2.42 bits per heavy atom. The van der Waals surface area contributed by atoms with Crippen LogP contribution in [-0.2, 0) is 16.4 Å². The second-order valence-electron chi connectivity index (χ2n) is 5.47. The number of methoxy groups -OCH3 is 1. The fourth-order valence-electron chi connectivity index (χ4n) is 2.65.